The Hall–Kier alpha value is -3.11. The first-order valence-electron chi connectivity index (χ1n) is 11.2. The number of unbranched alkanes of at least 4 members (excludes halogenated alkanes) is 1. The number of ketones is 1. The largest absolute Gasteiger partial charge is 0.495 e. The summed E-state index contributed by atoms with van der Waals surface area (Å²) in [7, 11) is -1.89. The lowest BCUT2D eigenvalue weighted by Crippen LogP contribution is -2.46. The summed E-state index contributed by atoms with van der Waals surface area (Å²) in [6.45, 7) is 4.64. The van der Waals surface area contributed by atoms with Crippen LogP contribution < -0.4 is 20.7 Å². The van der Waals surface area contributed by atoms with Gasteiger partial charge in [0.05, 0.1) is 23.4 Å². The number of ether oxygens (including phenoxy) is 1. The second-order valence-corrected chi connectivity index (χ2v) is 10.3. The van der Waals surface area contributed by atoms with Crippen LogP contribution in [0.25, 0.3) is 0 Å². The molecule has 0 unspecified atom stereocenters. The number of nitrogens with two attached hydrogens (primary N) is 1. The summed E-state index contributed by atoms with van der Waals surface area (Å²) in [6.07, 6.45) is 2.98. The number of hydrogen-bond acceptors (Lipinski definition) is 7. The molecule has 0 radical (unpaired) electrons. The first kappa shape index (κ1) is 25.5. The van der Waals surface area contributed by atoms with Gasteiger partial charge in [0.1, 0.15) is 5.75 Å². The third kappa shape index (κ3) is 6.71. The number of anilines is 2. The number of hydrogen-bond donors (Lipinski definition) is 2. The number of nitrogens with zero attached hydrogens (tertiary/aromatic N) is 2. The number of amides is 2. The number of carbonyl (C=O) groups is 2. The molecule has 9 nitrogen and oxygen atoms in total. The predicted octanol–water partition coefficient (Wildman–Crippen LogP) is 2.76. The molecular weight excluding hydrogens is 456 g/mol. The van der Waals surface area contributed by atoms with Crippen LogP contribution in [0.3, 0.4) is 0 Å². The van der Waals surface area contributed by atoms with E-state index in [9.17, 15) is 18.0 Å². The van der Waals surface area contributed by atoms with Gasteiger partial charge in [-0.05, 0) is 49.7 Å². The van der Waals surface area contributed by atoms with E-state index < -0.39 is 15.9 Å². The minimum Gasteiger partial charge on any atom is -0.495 e. The number of primary amides is 1. The van der Waals surface area contributed by atoms with E-state index in [0.717, 1.165) is 63.3 Å². The number of Topliss-reactive ketones (excluding diaryl/α,β-unsaturated/α-hetero) is 1. The number of urea groups is 1. The van der Waals surface area contributed by atoms with Gasteiger partial charge in [-0.2, -0.15) is 0 Å². The number of benzene rings is 2. The van der Waals surface area contributed by atoms with E-state index in [1.807, 2.05) is 18.2 Å². The number of nitrogens with one attached hydrogen (secondary N) is 1. The number of rotatable bonds is 10. The molecule has 0 aliphatic carbocycles. The fourth-order valence-electron chi connectivity index (χ4n) is 4.13. The van der Waals surface area contributed by atoms with Gasteiger partial charge in [-0.1, -0.05) is 12.1 Å². The number of sulfone groups is 1. The molecule has 3 N–H and O–H groups in total. The molecule has 34 heavy (non-hydrogen) atoms. The summed E-state index contributed by atoms with van der Waals surface area (Å²) in [5.41, 5.74) is 6.63. The molecule has 1 heterocycles. The van der Waals surface area contributed by atoms with Crippen molar-refractivity contribution in [2.24, 2.45) is 5.73 Å². The van der Waals surface area contributed by atoms with Crippen LogP contribution >= 0.6 is 0 Å². The monoisotopic (exact) mass is 488 g/mol. The highest BCUT2D eigenvalue weighted by atomic mass is 32.2. The average Bonchev–Trinajstić information content (AvgIpc) is 2.81. The molecule has 0 saturated carbocycles. The highest BCUT2D eigenvalue weighted by Gasteiger charge is 2.20. The van der Waals surface area contributed by atoms with E-state index in [1.54, 1.807) is 7.11 Å². The normalized spacial score (nSPS) is 14.6. The molecule has 2 aromatic rings. The van der Waals surface area contributed by atoms with Crippen LogP contribution in [0.1, 0.15) is 29.6 Å². The summed E-state index contributed by atoms with van der Waals surface area (Å²) >= 11 is 0. The average molecular weight is 489 g/mol. The fourth-order valence-corrected chi connectivity index (χ4v) is 4.95. The highest BCUT2D eigenvalue weighted by Crippen LogP contribution is 2.28. The lowest BCUT2D eigenvalue weighted by atomic mass is 10.0. The van der Waals surface area contributed by atoms with Crippen LogP contribution in [0, 0.1) is 0 Å². The summed E-state index contributed by atoms with van der Waals surface area (Å²) in [5, 5.41) is 2.30. The van der Waals surface area contributed by atoms with Crippen molar-refractivity contribution in [3.05, 3.63) is 48.0 Å². The summed E-state index contributed by atoms with van der Waals surface area (Å²) in [5.74, 6) is 0.779. The van der Waals surface area contributed by atoms with Crippen LogP contribution in [0.15, 0.2) is 47.4 Å². The quantitative estimate of drug-likeness (QED) is 0.389. The van der Waals surface area contributed by atoms with Crippen molar-refractivity contribution in [3.63, 3.8) is 0 Å². The third-order valence-electron chi connectivity index (χ3n) is 5.89. The summed E-state index contributed by atoms with van der Waals surface area (Å²) in [4.78, 5) is 28.5. The van der Waals surface area contributed by atoms with Gasteiger partial charge in [-0.15, -0.1) is 0 Å². The zero-order valence-electron chi connectivity index (χ0n) is 19.6. The minimum atomic E-state index is -3.58. The van der Waals surface area contributed by atoms with E-state index in [0.29, 0.717) is 12.0 Å². The van der Waals surface area contributed by atoms with Crippen molar-refractivity contribution in [2.75, 3.05) is 56.3 Å². The highest BCUT2D eigenvalue weighted by molar-refractivity contribution is 7.90. The zero-order valence-corrected chi connectivity index (χ0v) is 20.4. The molecule has 184 valence electrons. The van der Waals surface area contributed by atoms with Crippen molar-refractivity contribution < 1.29 is 22.7 Å². The van der Waals surface area contributed by atoms with Gasteiger partial charge >= 0.3 is 6.03 Å². The molecule has 0 aromatic heterocycles. The van der Waals surface area contributed by atoms with E-state index in [-0.39, 0.29) is 16.4 Å². The van der Waals surface area contributed by atoms with Crippen LogP contribution in [-0.2, 0) is 9.84 Å². The Morgan fingerprint density at radius 3 is 2.41 bits per heavy atom. The first-order valence-corrected chi connectivity index (χ1v) is 13.1. The lowest BCUT2D eigenvalue weighted by molar-refractivity contribution is 0.0977. The van der Waals surface area contributed by atoms with Gasteiger partial charge in [-0.25, -0.2) is 13.2 Å². The number of piperazine rings is 1. The van der Waals surface area contributed by atoms with E-state index >= 15 is 0 Å². The van der Waals surface area contributed by atoms with Gasteiger partial charge in [0, 0.05) is 44.4 Å². The van der Waals surface area contributed by atoms with Gasteiger partial charge < -0.3 is 20.7 Å². The van der Waals surface area contributed by atoms with Crippen LogP contribution in [0.5, 0.6) is 5.75 Å². The minimum absolute atomic E-state index is 0.0220. The number of carbonyl (C=O) groups excluding carboxylic acids is 2. The maximum atomic E-state index is 12.6. The molecule has 10 heteroatoms. The molecule has 1 saturated heterocycles. The van der Waals surface area contributed by atoms with Gasteiger partial charge in [0.15, 0.2) is 15.6 Å². The smallest absolute Gasteiger partial charge is 0.316 e. The van der Waals surface area contributed by atoms with E-state index in [1.165, 1.54) is 18.2 Å². The van der Waals surface area contributed by atoms with Crippen LogP contribution in [0.2, 0.25) is 0 Å². The van der Waals surface area contributed by atoms with Gasteiger partial charge in [-0.3, -0.25) is 9.69 Å². The Bertz CT molecular complexity index is 1130. The fraction of sp³-hybridized carbons (Fsp3) is 0.417. The van der Waals surface area contributed by atoms with Gasteiger partial charge in [0.2, 0.25) is 0 Å². The van der Waals surface area contributed by atoms with Crippen molar-refractivity contribution in [3.8, 4) is 5.75 Å². The van der Waals surface area contributed by atoms with Crippen molar-refractivity contribution >= 4 is 33.0 Å². The second-order valence-electron chi connectivity index (χ2n) is 8.35. The first-order chi connectivity index (χ1) is 16.2. The summed E-state index contributed by atoms with van der Waals surface area (Å²) < 4.78 is 29.3. The maximum Gasteiger partial charge on any atom is 0.316 e. The van der Waals surface area contributed by atoms with Crippen LogP contribution in [0.4, 0.5) is 16.2 Å². The molecule has 0 spiro atoms. The molecule has 1 fully saturated rings. The molecule has 1 aliphatic heterocycles. The Morgan fingerprint density at radius 2 is 1.76 bits per heavy atom. The predicted molar refractivity (Wildman–Crippen MR) is 133 cm³/mol. The molecule has 3 rings (SSSR count). The van der Waals surface area contributed by atoms with Gasteiger partial charge in [0.25, 0.3) is 0 Å². The Labute approximate surface area is 200 Å². The Balaban J connectivity index is 1.47. The van der Waals surface area contributed by atoms with Crippen molar-refractivity contribution in [2.45, 2.75) is 24.2 Å². The number of para-hydroxylation sites is 2. The molecule has 2 aromatic carbocycles. The van der Waals surface area contributed by atoms with E-state index in [4.69, 9.17) is 10.5 Å². The number of methoxy groups -OCH3 is 1. The molecule has 0 atom stereocenters. The standard InChI is InChI=1S/C24H32N4O5S/c1-33-22-9-4-3-7-20(22)28-15-13-27(14-16-28)12-6-5-8-21(29)18-10-11-23(34(2,31)32)19(17-18)26-24(25)30/h3-4,7,9-11,17H,5-6,8,12-16H2,1-2H3,(H3,25,26,30). The van der Waals surface area contributed by atoms with Crippen molar-refractivity contribution in [1.82, 2.24) is 4.90 Å². The molecule has 0 bridgehead atoms. The maximum absolute atomic E-state index is 12.6. The molecular formula is C24H32N4O5S. The topological polar surface area (TPSA) is 122 Å². The molecule has 1 aliphatic rings. The lowest BCUT2D eigenvalue weighted by Gasteiger charge is -2.36. The van der Waals surface area contributed by atoms with Crippen molar-refractivity contribution in [1.29, 1.82) is 0 Å². The summed E-state index contributed by atoms with van der Waals surface area (Å²) in [6, 6.07) is 11.3. The SMILES string of the molecule is COc1ccccc1N1CCN(CCCCC(=O)c2ccc(S(C)(=O)=O)c(NC(N)=O)c2)CC1. The second kappa shape index (κ2) is 11.3. The Morgan fingerprint density at radius 1 is 1.06 bits per heavy atom. The Kier molecular flexibility index (Phi) is 8.51. The molecule has 2 amide bonds. The van der Waals surface area contributed by atoms with E-state index in [2.05, 4.69) is 21.2 Å². The third-order valence-corrected chi connectivity index (χ3v) is 7.04. The van der Waals surface area contributed by atoms with Crippen LogP contribution in [-0.4, -0.2) is 71.2 Å². The zero-order chi connectivity index (χ0) is 24.7.